The summed E-state index contributed by atoms with van der Waals surface area (Å²) in [5.41, 5.74) is 1.27. The molecule has 2 rings (SSSR count). The lowest BCUT2D eigenvalue weighted by molar-refractivity contribution is 0.0526. The quantitative estimate of drug-likeness (QED) is 0.636. The number of halogens is 1. The summed E-state index contributed by atoms with van der Waals surface area (Å²) in [6.45, 7) is 3.68. The number of carbonyl (C=O) groups is 1. The lowest BCUT2D eigenvalue weighted by atomic mass is 10.2. The second kappa shape index (κ2) is 8.62. The fraction of sp³-hybridized carbons (Fsp3) is 0.278. The molecular weight excluding hydrogens is 438 g/mol. The van der Waals surface area contributed by atoms with Crippen molar-refractivity contribution in [3.8, 4) is 11.5 Å². The molecule has 0 aliphatic rings. The van der Waals surface area contributed by atoms with Crippen LogP contribution in [0.4, 0.5) is 5.69 Å². The Hall–Kier alpha value is -2.26. The molecule has 1 N–H and O–H groups in total. The number of methoxy groups -OCH3 is 2. The maximum Gasteiger partial charge on any atom is 0.338 e. The van der Waals surface area contributed by atoms with Crippen molar-refractivity contribution in [1.82, 2.24) is 0 Å². The first-order chi connectivity index (χ1) is 12.7. The third-order valence-corrected chi connectivity index (χ3v) is 6.05. The molecule has 0 unspecified atom stereocenters. The van der Waals surface area contributed by atoms with E-state index in [9.17, 15) is 13.2 Å². The summed E-state index contributed by atoms with van der Waals surface area (Å²) in [6.07, 6.45) is 0. The number of hydrogen-bond donors (Lipinski definition) is 1. The Balaban J connectivity index is 2.38. The number of nitrogens with one attached hydrogen (secondary N) is 1. The van der Waals surface area contributed by atoms with Crippen molar-refractivity contribution in [2.45, 2.75) is 18.7 Å². The molecule has 0 amide bonds. The number of sulfonamides is 1. The molecule has 0 saturated carbocycles. The van der Waals surface area contributed by atoms with E-state index in [1.807, 2.05) is 0 Å². The second-order valence-corrected chi connectivity index (χ2v) is 8.00. The summed E-state index contributed by atoms with van der Waals surface area (Å²) in [7, 11) is -0.939. The van der Waals surface area contributed by atoms with Gasteiger partial charge in [-0.2, -0.15) is 0 Å². The number of rotatable bonds is 7. The number of benzene rings is 2. The van der Waals surface area contributed by atoms with E-state index in [0.29, 0.717) is 22.7 Å². The molecule has 0 aliphatic heterocycles. The van der Waals surface area contributed by atoms with Crippen LogP contribution in [0.5, 0.6) is 11.5 Å². The van der Waals surface area contributed by atoms with Gasteiger partial charge in [0.1, 0.15) is 4.90 Å². The number of esters is 1. The fourth-order valence-corrected chi connectivity index (χ4v) is 4.55. The molecule has 7 nitrogen and oxygen atoms in total. The number of anilines is 1. The Morgan fingerprint density at radius 1 is 1.11 bits per heavy atom. The van der Waals surface area contributed by atoms with Crippen molar-refractivity contribution in [2.75, 3.05) is 25.5 Å². The minimum Gasteiger partial charge on any atom is -0.493 e. The van der Waals surface area contributed by atoms with E-state index in [1.54, 1.807) is 26.0 Å². The van der Waals surface area contributed by atoms with Crippen LogP contribution in [-0.4, -0.2) is 35.2 Å². The molecular formula is C18H20BrNO6S. The minimum atomic E-state index is -3.91. The lowest BCUT2D eigenvalue weighted by Gasteiger charge is -2.15. The number of carbonyl (C=O) groups excluding carboxylic acids is 1. The van der Waals surface area contributed by atoms with Crippen molar-refractivity contribution in [3.63, 3.8) is 0 Å². The third-order valence-electron chi connectivity index (χ3n) is 3.71. The zero-order chi connectivity index (χ0) is 20.2. The van der Waals surface area contributed by atoms with Crippen LogP contribution >= 0.6 is 15.9 Å². The minimum absolute atomic E-state index is 0.00951. The van der Waals surface area contributed by atoms with Gasteiger partial charge in [0.2, 0.25) is 0 Å². The summed E-state index contributed by atoms with van der Waals surface area (Å²) in [5, 5.41) is 0. The number of hydrogen-bond acceptors (Lipinski definition) is 6. The van der Waals surface area contributed by atoms with Gasteiger partial charge < -0.3 is 14.2 Å². The molecule has 0 aromatic heterocycles. The van der Waals surface area contributed by atoms with E-state index >= 15 is 0 Å². The molecule has 9 heteroatoms. The topological polar surface area (TPSA) is 90.9 Å². The van der Waals surface area contributed by atoms with E-state index in [2.05, 4.69) is 20.7 Å². The highest BCUT2D eigenvalue weighted by molar-refractivity contribution is 9.10. The summed E-state index contributed by atoms with van der Waals surface area (Å²) in [6, 6.07) is 7.38. The van der Waals surface area contributed by atoms with Gasteiger partial charge in [0, 0.05) is 10.5 Å². The van der Waals surface area contributed by atoms with E-state index in [-0.39, 0.29) is 21.5 Å². The average molecular weight is 458 g/mol. The average Bonchev–Trinajstić information content (AvgIpc) is 2.62. The summed E-state index contributed by atoms with van der Waals surface area (Å²) < 4.78 is 43.7. The number of ether oxygens (including phenoxy) is 3. The first-order valence-electron chi connectivity index (χ1n) is 7.95. The highest BCUT2D eigenvalue weighted by Crippen LogP contribution is 2.34. The molecule has 0 fully saturated rings. The summed E-state index contributed by atoms with van der Waals surface area (Å²) >= 11 is 3.21. The van der Waals surface area contributed by atoms with E-state index in [0.717, 1.165) is 0 Å². The first kappa shape index (κ1) is 21.0. The fourth-order valence-electron chi connectivity index (χ4n) is 2.35. The Bertz CT molecular complexity index is 959. The SMILES string of the molecule is CCOC(=O)c1ccc(S(=O)(=O)Nc2cc(OC)c(OC)cc2C)c(Br)c1. The Labute approximate surface area is 166 Å². The van der Waals surface area contributed by atoms with Gasteiger partial charge in [-0.3, -0.25) is 4.72 Å². The Kier molecular flexibility index (Phi) is 6.72. The van der Waals surface area contributed by atoms with Crippen molar-refractivity contribution < 1.29 is 27.4 Å². The van der Waals surface area contributed by atoms with Gasteiger partial charge in [-0.05, 0) is 59.6 Å². The van der Waals surface area contributed by atoms with Gasteiger partial charge >= 0.3 is 5.97 Å². The molecule has 0 heterocycles. The van der Waals surface area contributed by atoms with Crippen molar-refractivity contribution in [1.29, 1.82) is 0 Å². The van der Waals surface area contributed by atoms with Crippen LogP contribution in [0, 0.1) is 6.92 Å². The normalized spacial score (nSPS) is 11.0. The first-order valence-corrected chi connectivity index (χ1v) is 10.2. The molecule has 0 saturated heterocycles. The summed E-state index contributed by atoms with van der Waals surface area (Å²) in [4.78, 5) is 11.8. The molecule has 0 aliphatic carbocycles. The van der Waals surface area contributed by atoms with Crippen LogP contribution < -0.4 is 14.2 Å². The smallest absolute Gasteiger partial charge is 0.338 e. The van der Waals surface area contributed by atoms with E-state index in [1.165, 1.54) is 32.4 Å². The maximum absolute atomic E-state index is 12.8. The molecule has 0 bridgehead atoms. The van der Waals surface area contributed by atoms with Crippen LogP contribution in [0.25, 0.3) is 0 Å². The highest BCUT2D eigenvalue weighted by atomic mass is 79.9. The van der Waals surface area contributed by atoms with Crippen LogP contribution in [0.15, 0.2) is 39.7 Å². The largest absolute Gasteiger partial charge is 0.493 e. The Morgan fingerprint density at radius 3 is 2.30 bits per heavy atom. The van der Waals surface area contributed by atoms with Gasteiger partial charge in [0.05, 0.1) is 32.1 Å². The van der Waals surface area contributed by atoms with Crippen molar-refractivity contribution in [3.05, 3.63) is 45.9 Å². The Morgan fingerprint density at radius 2 is 1.74 bits per heavy atom. The van der Waals surface area contributed by atoms with Crippen LogP contribution in [-0.2, 0) is 14.8 Å². The zero-order valence-electron chi connectivity index (χ0n) is 15.3. The molecule has 27 heavy (non-hydrogen) atoms. The second-order valence-electron chi connectivity index (χ2n) is 5.49. The maximum atomic E-state index is 12.8. The molecule has 0 spiro atoms. The molecule has 2 aromatic carbocycles. The predicted octanol–water partition coefficient (Wildman–Crippen LogP) is 3.75. The van der Waals surface area contributed by atoms with Crippen LogP contribution in [0.1, 0.15) is 22.8 Å². The van der Waals surface area contributed by atoms with Crippen molar-refractivity contribution >= 4 is 37.6 Å². The monoisotopic (exact) mass is 457 g/mol. The van der Waals surface area contributed by atoms with Gasteiger partial charge in [0.15, 0.2) is 11.5 Å². The van der Waals surface area contributed by atoms with Gasteiger partial charge in [0.25, 0.3) is 10.0 Å². The predicted molar refractivity (Wildman–Crippen MR) is 105 cm³/mol. The van der Waals surface area contributed by atoms with Crippen LogP contribution in [0.3, 0.4) is 0 Å². The molecule has 0 atom stereocenters. The van der Waals surface area contributed by atoms with Crippen molar-refractivity contribution in [2.24, 2.45) is 0 Å². The standard InChI is InChI=1S/C18H20BrNO6S/c1-5-26-18(21)12-6-7-17(13(19)9-12)27(22,23)20-14-10-16(25-4)15(24-3)8-11(14)2/h6-10,20H,5H2,1-4H3. The van der Waals surface area contributed by atoms with Crippen LogP contribution in [0.2, 0.25) is 0 Å². The van der Waals surface area contributed by atoms with Gasteiger partial charge in [-0.15, -0.1) is 0 Å². The lowest BCUT2D eigenvalue weighted by Crippen LogP contribution is -2.15. The summed E-state index contributed by atoms with van der Waals surface area (Å²) in [5.74, 6) is 0.376. The third kappa shape index (κ3) is 4.72. The molecule has 0 radical (unpaired) electrons. The van der Waals surface area contributed by atoms with Gasteiger partial charge in [-0.25, -0.2) is 13.2 Å². The van der Waals surface area contributed by atoms with Gasteiger partial charge in [-0.1, -0.05) is 0 Å². The molecule has 146 valence electrons. The van der Waals surface area contributed by atoms with E-state index in [4.69, 9.17) is 14.2 Å². The van der Waals surface area contributed by atoms with E-state index < -0.39 is 16.0 Å². The number of aryl methyl sites for hydroxylation is 1. The zero-order valence-corrected chi connectivity index (χ0v) is 17.7. The highest BCUT2D eigenvalue weighted by Gasteiger charge is 2.21. The molecule has 2 aromatic rings.